The van der Waals surface area contributed by atoms with Crippen molar-refractivity contribution >= 4 is 11.9 Å². The first kappa shape index (κ1) is 8.74. The van der Waals surface area contributed by atoms with Crippen molar-refractivity contribution in [3.05, 3.63) is 0 Å². The minimum atomic E-state index is -1.00. The zero-order chi connectivity index (χ0) is 8.15. The van der Waals surface area contributed by atoms with Crippen LogP contribution in [-0.4, -0.2) is 23.1 Å². The number of guanidine groups is 1. The molecule has 0 heterocycles. The number of carboxylic acid groups (broad SMARTS) is 1. The zero-order valence-electron chi connectivity index (χ0n) is 5.74. The Morgan fingerprint density at radius 1 is 1.70 bits per heavy atom. The second-order valence-corrected chi connectivity index (χ2v) is 1.82. The lowest BCUT2D eigenvalue weighted by Crippen LogP contribution is -2.28. The van der Waals surface area contributed by atoms with Crippen LogP contribution in [0, 0.1) is 0 Å². The molecule has 0 aliphatic carbocycles. The topological polar surface area (TPSA) is 102 Å². The Bertz CT molecular complexity index is 151. The van der Waals surface area contributed by atoms with Gasteiger partial charge in [0.15, 0.2) is 12.0 Å². The molecule has 0 aromatic heterocycles. The lowest BCUT2D eigenvalue weighted by Gasteiger charge is -2.02. The molecule has 1 unspecified atom stereocenters. The minimum Gasteiger partial charge on any atom is -0.480 e. The van der Waals surface area contributed by atoms with Crippen molar-refractivity contribution in [1.29, 1.82) is 0 Å². The summed E-state index contributed by atoms with van der Waals surface area (Å²) in [6.07, 6.45) is 0.396. The van der Waals surface area contributed by atoms with Crippen LogP contribution in [0.3, 0.4) is 0 Å². The van der Waals surface area contributed by atoms with Gasteiger partial charge in [-0.3, -0.25) is 0 Å². The monoisotopic (exact) mass is 145 g/mol. The van der Waals surface area contributed by atoms with Crippen molar-refractivity contribution in [1.82, 2.24) is 0 Å². The number of nitrogens with two attached hydrogens (primary N) is 2. The maximum Gasteiger partial charge on any atom is 0.328 e. The number of nitrogens with zero attached hydrogens (tertiary/aromatic N) is 1. The number of rotatable bonds is 3. The summed E-state index contributed by atoms with van der Waals surface area (Å²) in [6, 6.07) is -0.801. The number of carboxylic acids is 1. The molecular weight excluding hydrogens is 134 g/mol. The number of hydrogen-bond acceptors (Lipinski definition) is 2. The highest BCUT2D eigenvalue weighted by molar-refractivity contribution is 5.81. The molecule has 0 spiro atoms. The first-order valence-corrected chi connectivity index (χ1v) is 2.89. The highest BCUT2D eigenvalue weighted by atomic mass is 16.4. The van der Waals surface area contributed by atoms with E-state index < -0.39 is 12.0 Å². The molecule has 0 fully saturated rings. The number of aliphatic imine (C=N–C) groups is 1. The molecule has 5 N–H and O–H groups in total. The largest absolute Gasteiger partial charge is 0.480 e. The van der Waals surface area contributed by atoms with Gasteiger partial charge in [-0.05, 0) is 6.42 Å². The molecule has 0 amide bonds. The summed E-state index contributed by atoms with van der Waals surface area (Å²) in [6.45, 7) is 1.70. The molecule has 0 saturated carbocycles. The molecule has 0 aromatic rings. The van der Waals surface area contributed by atoms with E-state index >= 15 is 0 Å². The van der Waals surface area contributed by atoms with Crippen molar-refractivity contribution in [2.24, 2.45) is 16.5 Å². The normalized spacial score (nSPS) is 12.1. The van der Waals surface area contributed by atoms with Crippen LogP contribution in [0.5, 0.6) is 0 Å². The SMILES string of the molecule is CCC(N=C(N)N)C(=O)O. The third-order valence-electron chi connectivity index (χ3n) is 0.977. The van der Waals surface area contributed by atoms with Gasteiger partial charge in [-0.1, -0.05) is 6.92 Å². The fraction of sp³-hybridized carbons (Fsp3) is 0.600. The molecule has 0 saturated heterocycles. The fourth-order valence-electron chi connectivity index (χ4n) is 0.501. The highest BCUT2D eigenvalue weighted by Gasteiger charge is 2.12. The molecule has 0 bridgehead atoms. The van der Waals surface area contributed by atoms with Gasteiger partial charge in [-0.15, -0.1) is 0 Å². The third kappa shape index (κ3) is 2.91. The van der Waals surface area contributed by atoms with Gasteiger partial charge in [-0.25, -0.2) is 9.79 Å². The lowest BCUT2D eigenvalue weighted by molar-refractivity contribution is -0.138. The van der Waals surface area contributed by atoms with Crippen LogP contribution in [0.15, 0.2) is 4.99 Å². The van der Waals surface area contributed by atoms with E-state index in [-0.39, 0.29) is 5.96 Å². The Kier molecular flexibility index (Phi) is 3.24. The Balaban J connectivity index is 4.09. The molecular formula is C5H11N3O2. The van der Waals surface area contributed by atoms with Crippen molar-refractivity contribution < 1.29 is 9.90 Å². The van der Waals surface area contributed by atoms with E-state index in [1.807, 2.05) is 0 Å². The molecule has 0 aromatic carbocycles. The van der Waals surface area contributed by atoms with Gasteiger partial charge in [0.2, 0.25) is 0 Å². The number of hydrogen-bond donors (Lipinski definition) is 3. The van der Waals surface area contributed by atoms with Gasteiger partial charge >= 0.3 is 5.97 Å². The van der Waals surface area contributed by atoms with Crippen molar-refractivity contribution in [3.63, 3.8) is 0 Å². The quantitative estimate of drug-likeness (QED) is 0.354. The maximum atomic E-state index is 10.2. The predicted molar refractivity (Wildman–Crippen MR) is 37.5 cm³/mol. The van der Waals surface area contributed by atoms with E-state index in [1.54, 1.807) is 6.92 Å². The van der Waals surface area contributed by atoms with Crippen LogP contribution in [0.1, 0.15) is 13.3 Å². The second-order valence-electron chi connectivity index (χ2n) is 1.82. The summed E-state index contributed by atoms with van der Waals surface area (Å²) < 4.78 is 0. The van der Waals surface area contributed by atoms with Gasteiger partial charge in [0, 0.05) is 0 Å². The summed E-state index contributed by atoms with van der Waals surface area (Å²) in [5.74, 6) is -1.19. The van der Waals surface area contributed by atoms with Gasteiger partial charge < -0.3 is 16.6 Å². The van der Waals surface area contributed by atoms with Crippen LogP contribution in [0.2, 0.25) is 0 Å². The smallest absolute Gasteiger partial charge is 0.328 e. The van der Waals surface area contributed by atoms with Crippen molar-refractivity contribution in [2.45, 2.75) is 19.4 Å². The minimum absolute atomic E-state index is 0.186. The van der Waals surface area contributed by atoms with Crippen molar-refractivity contribution in [3.8, 4) is 0 Å². The average molecular weight is 145 g/mol. The predicted octanol–water partition coefficient (Wildman–Crippen LogP) is -0.877. The molecule has 0 aliphatic rings. The van der Waals surface area contributed by atoms with Crippen LogP contribution in [0.4, 0.5) is 0 Å². The van der Waals surface area contributed by atoms with Gasteiger partial charge in [0.1, 0.15) is 0 Å². The van der Waals surface area contributed by atoms with Gasteiger partial charge in [0.05, 0.1) is 0 Å². The first-order chi connectivity index (χ1) is 4.57. The number of aliphatic carboxylic acids is 1. The standard InChI is InChI=1S/C5H11N3O2/c1-2-3(4(9)10)8-5(6)7/h3H,2H2,1H3,(H,9,10)(H4,6,7,8). The van der Waals surface area contributed by atoms with E-state index in [0.717, 1.165) is 0 Å². The van der Waals surface area contributed by atoms with E-state index in [9.17, 15) is 4.79 Å². The summed E-state index contributed by atoms with van der Waals surface area (Å²) in [5, 5.41) is 8.40. The van der Waals surface area contributed by atoms with E-state index in [0.29, 0.717) is 6.42 Å². The Morgan fingerprint density at radius 3 is 2.30 bits per heavy atom. The van der Waals surface area contributed by atoms with Gasteiger partial charge in [0.25, 0.3) is 0 Å². The van der Waals surface area contributed by atoms with Crippen LogP contribution in [-0.2, 0) is 4.79 Å². The Hall–Kier alpha value is -1.26. The van der Waals surface area contributed by atoms with Crippen LogP contribution < -0.4 is 11.5 Å². The summed E-state index contributed by atoms with van der Waals surface area (Å²) in [7, 11) is 0. The van der Waals surface area contributed by atoms with Gasteiger partial charge in [-0.2, -0.15) is 0 Å². The summed E-state index contributed by atoms with van der Waals surface area (Å²) >= 11 is 0. The molecule has 1 atom stereocenters. The highest BCUT2D eigenvalue weighted by Crippen LogP contribution is 1.95. The molecule has 0 aliphatic heterocycles. The van der Waals surface area contributed by atoms with E-state index in [2.05, 4.69) is 4.99 Å². The molecule has 5 nitrogen and oxygen atoms in total. The molecule has 58 valence electrons. The van der Waals surface area contributed by atoms with E-state index in [4.69, 9.17) is 16.6 Å². The number of carbonyl (C=O) groups is 1. The molecule has 10 heavy (non-hydrogen) atoms. The van der Waals surface area contributed by atoms with Crippen LogP contribution >= 0.6 is 0 Å². The Morgan fingerprint density at radius 2 is 2.20 bits per heavy atom. The third-order valence-corrected chi connectivity index (χ3v) is 0.977. The average Bonchev–Trinajstić information content (AvgIpc) is 1.81. The summed E-state index contributed by atoms with van der Waals surface area (Å²) in [4.78, 5) is 13.7. The summed E-state index contributed by atoms with van der Waals surface area (Å²) in [5.41, 5.74) is 9.94. The maximum absolute atomic E-state index is 10.2. The molecule has 0 radical (unpaired) electrons. The lowest BCUT2D eigenvalue weighted by atomic mass is 10.2. The van der Waals surface area contributed by atoms with Crippen LogP contribution in [0.25, 0.3) is 0 Å². The van der Waals surface area contributed by atoms with E-state index in [1.165, 1.54) is 0 Å². The second kappa shape index (κ2) is 3.71. The Labute approximate surface area is 58.7 Å². The molecule has 5 heteroatoms. The first-order valence-electron chi connectivity index (χ1n) is 2.89. The van der Waals surface area contributed by atoms with Crippen molar-refractivity contribution in [2.75, 3.05) is 0 Å². The fourth-order valence-corrected chi connectivity index (χ4v) is 0.501. The zero-order valence-corrected chi connectivity index (χ0v) is 5.74. The molecule has 0 rings (SSSR count).